The lowest BCUT2D eigenvalue weighted by atomic mass is 9.90. The fraction of sp³-hybridized carbons (Fsp3) is 0.600. The largest absolute Gasteiger partial charge is 0.365 e. The van der Waals surface area contributed by atoms with Crippen LogP contribution in [0.3, 0.4) is 0 Å². The van der Waals surface area contributed by atoms with Crippen LogP contribution in [0.15, 0.2) is 18.2 Å². The van der Waals surface area contributed by atoms with Crippen molar-refractivity contribution in [1.82, 2.24) is 0 Å². The molecule has 2 aliphatic rings. The van der Waals surface area contributed by atoms with E-state index in [9.17, 15) is 0 Å². The Bertz CT molecular complexity index is 432. The number of aryl methyl sites for hydroxylation is 1. The van der Waals surface area contributed by atoms with Gasteiger partial charge in [-0.15, -0.1) is 0 Å². The monoisotopic (exact) mass is 264 g/mol. The lowest BCUT2D eigenvalue weighted by molar-refractivity contribution is 0.346. The van der Waals surface area contributed by atoms with Gasteiger partial charge >= 0.3 is 0 Å². The molecule has 2 unspecified atom stereocenters. The van der Waals surface area contributed by atoms with E-state index in [4.69, 9.17) is 17.3 Å². The van der Waals surface area contributed by atoms with Crippen molar-refractivity contribution < 1.29 is 0 Å². The van der Waals surface area contributed by atoms with Crippen molar-refractivity contribution in [2.24, 2.45) is 11.7 Å². The molecule has 0 saturated carbocycles. The second-order valence-corrected chi connectivity index (χ2v) is 6.23. The minimum Gasteiger partial charge on any atom is -0.365 e. The Kier molecular flexibility index (Phi) is 3.25. The van der Waals surface area contributed by atoms with Gasteiger partial charge in [0.15, 0.2) is 0 Å². The Hall–Kier alpha value is -0.730. The van der Waals surface area contributed by atoms with E-state index in [1.807, 2.05) is 6.07 Å². The fourth-order valence-electron chi connectivity index (χ4n) is 3.78. The van der Waals surface area contributed by atoms with Gasteiger partial charge < -0.3 is 10.6 Å². The van der Waals surface area contributed by atoms with Gasteiger partial charge in [0, 0.05) is 22.8 Å². The molecular weight excluding hydrogens is 244 g/mol. The van der Waals surface area contributed by atoms with Crippen LogP contribution in [-0.2, 0) is 0 Å². The normalized spacial score (nSPS) is 30.8. The van der Waals surface area contributed by atoms with Crippen LogP contribution in [0.2, 0.25) is 5.02 Å². The molecule has 18 heavy (non-hydrogen) atoms. The van der Waals surface area contributed by atoms with Crippen LogP contribution in [0, 0.1) is 12.8 Å². The number of fused-ring (bicyclic) bond motifs is 2. The molecule has 2 fully saturated rings. The first-order chi connectivity index (χ1) is 8.69. The van der Waals surface area contributed by atoms with E-state index in [0.29, 0.717) is 12.1 Å². The molecule has 1 aromatic carbocycles. The molecule has 2 atom stereocenters. The smallest absolute Gasteiger partial charge is 0.0410 e. The first kappa shape index (κ1) is 12.3. The van der Waals surface area contributed by atoms with E-state index in [0.717, 1.165) is 17.5 Å². The number of anilines is 1. The lowest BCUT2D eigenvalue weighted by Crippen LogP contribution is -2.44. The molecule has 2 nitrogen and oxygen atoms in total. The van der Waals surface area contributed by atoms with E-state index in [2.05, 4.69) is 24.0 Å². The Morgan fingerprint density at radius 1 is 1.28 bits per heavy atom. The van der Waals surface area contributed by atoms with Crippen molar-refractivity contribution in [2.45, 2.75) is 44.7 Å². The molecule has 0 radical (unpaired) electrons. The van der Waals surface area contributed by atoms with Crippen LogP contribution < -0.4 is 10.6 Å². The number of piperidine rings is 1. The number of hydrogen-bond acceptors (Lipinski definition) is 2. The fourth-order valence-corrected chi connectivity index (χ4v) is 4.01. The zero-order valence-corrected chi connectivity index (χ0v) is 11.7. The first-order valence-electron chi connectivity index (χ1n) is 6.93. The predicted molar refractivity (Wildman–Crippen MR) is 77.3 cm³/mol. The van der Waals surface area contributed by atoms with Gasteiger partial charge in [0.25, 0.3) is 0 Å². The van der Waals surface area contributed by atoms with E-state index in [1.54, 1.807) is 0 Å². The van der Waals surface area contributed by atoms with Gasteiger partial charge in [-0.05, 0) is 68.8 Å². The maximum atomic E-state index is 6.05. The highest BCUT2D eigenvalue weighted by atomic mass is 35.5. The number of hydrogen-bond donors (Lipinski definition) is 1. The van der Waals surface area contributed by atoms with E-state index in [1.165, 1.54) is 36.9 Å². The van der Waals surface area contributed by atoms with Crippen molar-refractivity contribution in [3.8, 4) is 0 Å². The van der Waals surface area contributed by atoms with Gasteiger partial charge in [-0.3, -0.25) is 0 Å². The van der Waals surface area contributed by atoms with Crippen LogP contribution in [0.1, 0.15) is 31.2 Å². The summed E-state index contributed by atoms with van der Waals surface area (Å²) in [6.07, 6.45) is 5.16. The third-order valence-electron chi connectivity index (χ3n) is 4.60. The van der Waals surface area contributed by atoms with Crippen LogP contribution in [0.4, 0.5) is 5.69 Å². The summed E-state index contributed by atoms with van der Waals surface area (Å²) in [6, 6.07) is 7.66. The van der Waals surface area contributed by atoms with E-state index in [-0.39, 0.29) is 0 Å². The Morgan fingerprint density at radius 2 is 1.94 bits per heavy atom. The quantitative estimate of drug-likeness (QED) is 0.888. The van der Waals surface area contributed by atoms with Gasteiger partial charge in [0.2, 0.25) is 0 Å². The molecule has 0 amide bonds. The Balaban J connectivity index is 1.89. The molecule has 2 saturated heterocycles. The highest BCUT2D eigenvalue weighted by molar-refractivity contribution is 6.30. The molecular formula is C15H21ClN2. The lowest BCUT2D eigenvalue weighted by Gasteiger charge is -2.41. The first-order valence-corrected chi connectivity index (χ1v) is 7.31. The third-order valence-corrected chi connectivity index (χ3v) is 4.84. The Labute approximate surface area is 114 Å². The minimum absolute atomic E-state index is 0.692. The van der Waals surface area contributed by atoms with Crippen molar-refractivity contribution >= 4 is 17.3 Å². The molecule has 2 bridgehead atoms. The standard InChI is InChI=1S/C15H21ClN2/c1-10-6-12(16)2-5-15(10)18-13-3-4-14(18)8-11(7-13)9-17/h2,5-6,11,13-14H,3-4,7-9,17H2,1H3. The molecule has 0 aliphatic carbocycles. The number of nitrogens with two attached hydrogens (primary N) is 1. The Morgan fingerprint density at radius 3 is 2.50 bits per heavy atom. The minimum atomic E-state index is 0.692. The van der Waals surface area contributed by atoms with Gasteiger partial charge in [-0.1, -0.05) is 11.6 Å². The van der Waals surface area contributed by atoms with Crippen LogP contribution in [0.5, 0.6) is 0 Å². The van der Waals surface area contributed by atoms with E-state index < -0.39 is 0 Å². The SMILES string of the molecule is Cc1cc(Cl)ccc1N1C2CCC1CC(CN)C2. The maximum Gasteiger partial charge on any atom is 0.0410 e. The van der Waals surface area contributed by atoms with Gasteiger partial charge in [0.1, 0.15) is 0 Å². The predicted octanol–water partition coefficient (Wildman–Crippen LogP) is 3.35. The molecule has 0 aromatic heterocycles. The second-order valence-electron chi connectivity index (χ2n) is 5.80. The molecule has 2 aliphatic heterocycles. The molecule has 2 heterocycles. The summed E-state index contributed by atoms with van der Waals surface area (Å²) in [4.78, 5) is 2.64. The van der Waals surface area contributed by atoms with E-state index >= 15 is 0 Å². The molecule has 0 spiro atoms. The van der Waals surface area contributed by atoms with Gasteiger partial charge in [0.05, 0.1) is 0 Å². The zero-order valence-electron chi connectivity index (χ0n) is 10.9. The average molecular weight is 265 g/mol. The summed E-state index contributed by atoms with van der Waals surface area (Å²) >= 11 is 6.05. The average Bonchev–Trinajstić information content (AvgIpc) is 2.60. The summed E-state index contributed by atoms with van der Waals surface area (Å²) in [5.74, 6) is 0.728. The van der Waals surface area contributed by atoms with Gasteiger partial charge in [-0.2, -0.15) is 0 Å². The van der Waals surface area contributed by atoms with Crippen molar-refractivity contribution in [3.05, 3.63) is 28.8 Å². The topological polar surface area (TPSA) is 29.3 Å². The van der Waals surface area contributed by atoms with Crippen molar-refractivity contribution in [1.29, 1.82) is 0 Å². The van der Waals surface area contributed by atoms with Crippen molar-refractivity contribution in [2.75, 3.05) is 11.4 Å². The summed E-state index contributed by atoms with van der Waals surface area (Å²) in [7, 11) is 0. The summed E-state index contributed by atoms with van der Waals surface area (Å²) < 4.78 is 0. The zero-order chi connectivity index (χ0) is 12.7. The molecule has 98 valence electrons. The summed E-state index contributed by atoms with van der Waals surface area (Å²) in [5.41, 5.74) is 8.53. The highest BCUT2D eigenvalue weighted by Crippen LogP contribution is 2.42. The second kappa shape index (κ2) is 4.75. The van der Waals surface area contributed by atoms with Crippen molar-refractivity contribution in [3.63, 3.8) is 0 Å². The number of rotatable bonds is 2. The van der Waals surface area contributed by atoms with Crippen LogP contribution in [0.25, 0.3) is 0 Å². The van der Waals surface area contributed by atoms with Gasteiger partial charge in [-0.25, -0.2) is 0 Å². The molecule has 2 N–H and O–H groups in total. The summed E-state index contributed by atoms with van der Waals surface area (Å²) in [6.45, 7) is 3.01. The summed E-state index contributed by atoms with van der Waals surface area (Å²) in [5, 5.41) is 0.834. The molecule has 1 aromatic rings. The molecule has 3 heteroatoms. The number of nitrogens with zero attached hydrogens (tertiary/aromatic N) is 1. The number of benzene rings is 1. The number of halogens is 1. The van der Waals surface area contributed by atoms with Crippen LogP contribution >= 0.6 is 11.6 Å². The van der Waals surface area contributed by atoms with Crippen LogP contribution in [-0.4, -0.2) is 18.6 Å². The molecule has 3 rings (SSSR count). The highest BCUT2D eigenvalue weighted by Gasteiger charge is 2.40. The maximum absolute atomic E-state index is 6.05. The third kappa shape index (κ3) is 2.02.